The lowest BCUT2D eigenvalue weighted by Crippen LogP contribution is -2.37. The second-order valence-electron chi connectivity index (χ2n) is 6.52. The Morgan fingerprint density at radius 1 is 1.24 bits per heavy atom. The van der Waals surface area contributed by atoms with Gasteiger partial charge in [0.1, 0.15) is 11.5 Å². The van der Waals surface area contributed by atoms with E-state index in [1.54, 1.807) is 7.11 Å². The predicted octanol–water partition coefficient (Wildman–Crippen LogP) is 3.43. The molecular weight excluding hydrogens is 481 g/mol. The Balaban J connectivity index is 0.00000240. The fraction of sp³-hybridized carbons (Fsp3) is 0.238. The molecule has 3 N–H and O–H groups in total. The van der Waals surface area contributed by atoms with Gasteiger partial charge in [-0.1, -0.05) is 18.2 Å². The highest BCUT2D eigenvalue weighted by atomic mass is 127. The number of aromatic nitrogens is 2. The molecular formula is C21H24IN5O2. The number of nitrogens with zero attached hydrogens (tertiary/aromatic N) is 3. The summed E-state index contributed by atoms with van der Waals surface area (Å²) in [5, 5.41) is 7.85. The molecule has 0 amide bonds. The molecule has 0 fully saturated rings. The van der Waals surface area contributed by atoms with Gasteiger partial charge in [0.05, 0.1) is 37.7 Å². The van der Waals surface area contributed by atoms with Crippen LogP contribution in [0, 0.1) is 0 Å². The van der Waals surface area contributed by atoms with E-state index in [0.29, 0.717) is 19.1 Å². The molecule has 0 aliphatic carbocycles. The minimum absolute atomic E-state index is 0. The lowest BCUT2D eigenvalue weighted by Gasteiger charge is -2.26. The quantitative estimate of drug-likeness (QED) is 0.315. The van der Waals surface area contributed by atoms with Crippen molar-refractivity contribution in [3.8, 4) is 17.2 Å². The molecule has 1 atom stereocenters. The molecule has 1 aliphatic rings. The van der Waals surface area contributed by atoms with Crippen molar-refractivity contribution in [3.63, 3.8) is 0 Å². The topological polar surface area (TPSA) is 86.7 Å². The first kappa shape index (κ1) is 21.0. The van der Waals surface area contributed by atoms with Crippen molar-refractivity contribution < 1.29 is 9.47 Å². The molecule has 4 rings (SSSR count). The molecule has 3 aromatic rings. The zero-order chi connectivity index (χ0) is 19.3. The molecule has 0 bridgehead atoms. The van der Waals surface area contributed by atoms with Gasteiger partial charge in [0, 0.05) is 18.2 Å². The van der Waals surface area contributed by atoms with E-state index in [2.05, 4.69) is 21.5 Å². The molecule has 0 spiro atoms. The van der Waals surface area contributed by atoms with Crippen LogP contribution in [0.25, 0.3) is 5.69 Å². The molecule has 0 saturated heterocycles. The smallest absolute Gasteiger partial charge is 0.189 e. The van der Waals surface area contributed by atoms with Gasteiger partial charge in [0.15, 0.2) is 5.96 Å². The molecule has 1 aromatic heterocycles. The Morgan fingerprint density at radius 3 is 2.83 bits per heavy atom. The van der Waals surface area contributed by atoms with Crippen LogP contribution in [-0.2, 0) is 6.54 Å². The second-order valence-corrected chi connectivity index (χ2v) is 6.52. The van der Waals surface area contributed by atoms with Gasteiger partial charge in [0.2, 0.25) is 0 Å². The standard InChI is InChI=1S/C21H23N5O2.HI/c1-27-17-8-6-16(7-9-17)26-12-10-15(25-26)14-23-21(22)24-19-11-13-28-20-5-3-2-4-18(19)20;/h2-10,12,19H,11,13-14H2,1H3,(H3,22,23,24);1H. The number of nitrogens with two attached hydrogens (primary N) is 1. The van der Waals surface area contributed by atoms with Crippen LogP contribution in [0.3, 0.4) is 0 Å². The number of para-hydroxylation sites is 1. The summed E-state index contributed by atoms with van der Waals surface area (Å²) in [6.45, 7) is 1.07. The number of hydrogen-bond acceptors (Lipinski definition) is 4. The van der Waals surface area contributed by atoms with Crippen LogP contribution in [0.15, 0.2) is 65.8 Å². The summed E-state index contributed by atoms with van der Waals surface area (Å²) in [6.07, 6.45) is 2.75. The van der Waals surface area contributed by atoms with E-state index < -0.39 is 0 Å². The van der Waals surface area contributed by atoms with Crippen molar-refractivity contribution >= 4 is 29.9 Å². The largest absolute Gasteiger partial charge is 0.497 e. The summed E-state index contributed by atoms with van der Waals surface area (Å²) >= 11 is 0. The average molecular weight is 505 g/mol. The van der Waals surface area contributed by atoms with Gasteiger partial charge in [-0.15, -0.1) is 24.0 Å². The molecule has 152 valence electrons. The highest BCUT2D eigenvalue weighted by Crippen LogP contribution is 2.31. The van der Waals surface area contributed by atoms with Gasteiger partial charge in [-0.05, 0) is 36.4 Å². The summed E-state index contributed by atoms with van der Waals surface area (Å²) in [6, 6.07) is 17.8. The first-order valence-corrected chi connectivity index (χ1v) is 9.20. The van der Waals surface area contributed by atoms with E-state index in [4.69, 9.17) is 15.2 Å². The van der Waals surface area contributed by atoms with Gasteiger partial charge >= 0.3 is 0 Å². The summed E-state index contributed by atoms with van der Waals surface area (Å²) in [7, 11) is 1.65. The lowest BCUT2D eigenvalue weighted by atomic mass is 10.0. The minimum atomic E-state index is 0. The summed E-state index contributed by atoms with van der Waals surface area (Å²) < 4.78 is 12.7. The van der Waals surface area contributed by atoms with E-state index in [-0.39, 0.29) is 30.0 Å². The number of ether oxygens (including phenoxy) is 2. The van der Waals surface area contributed by atoms with Gasteiger partial charge < -0.3 is 20.5 Å². The fourth-order valence-corrected chi connectivity index (χ4v) is 3.21. The Kier molecular flexibility index (Phi) is 6.97. The number of aliphatic imine (C=N–C) groups is 1. The van der Waals surface area contributed by atoms with Crippen LogP contribution in [0.5, 0.6) is 11.5 Å². The monoisotopic (exact) mass is 505 g/mol. The van der Waals surface area contributed by atoms with Crippen molar-refractivity contribution in [1.82, 2.24) is 15.1 Å². The number of benzene rings is 2. The van der Waals surface area contributed by atoms with Gasteiger partial charge in [0.25, 0.3) is 0 Å². The van der Waals surface area contributed by atoms with Crippen molar-refractivity contribution in [3.05, 3.63) is 72.1 Å². The van der Waals surface area contributed by atoms with Gasteiger partial charge in [-0.3, -0.25) is 0 Å². The second kappa shape index (κ2) is 9.64. The number of fused-ring (bicyclic) bond motifs is 1. The normalized spacial score (nSPS) is 15.6. The van der Waals surface area contributed by atoms with Crippen molar-refractivity contribution in [2.24, 2.45) is 10.7 Å². The van der Waals surface area contributed by atoms with E-state index >= 15 is 0 Å². The maximum Gasteiger partial charge on any atom is 0.189 e. The first-order chi connectivity index (χ1) is 13.7. The van der Waals surface area contributed by atoms with Crippen molar-refractivity contribution in [2.45, 2.75) is 19.0 Å². The molecule has 1 unspecified atom stereocenters. The van der Waals surface area contributed by atoms with E-state index in [1.165, 1.54) is 0 Å². The molecule has 0 saturated carbocycles. The molecule has 1 aliphatic heterocycles. The number of nitrogens with one attached hydrogen (secondary N) is 1. The zero-order valence-corrected chi connectivity index (χ0v) is 18.4. The highest BCUT2D eigenvalue weighted by molar-refractivity contribution is 14.0. The third-order valence-electron chi connectivity index (χ3n) is 4.67. The lowest BCUT2D eigenvalue weighted by molar-refractivity contribution is 0.262. The van der Waals surface area contributed by atoms with Crippen LogP contribution < -0.4 is 20.5 Å². The third-order valence-corrected chi connectivity index (χ3v) is 4.67. The SMILES string of the molecule is COc1ccc(-n2ccc(CN=C(N)NC3CCOc4ccccc43)n2)cc1.I. The Bertz CT molecular complexity index is 971. The van der Waals surface area contributed by atoms with Gasteiger partial charge in [-0.25, -0.2) is 9.67 Å². The van der Waals surface area contributed by atoms with Crippen molar-refractivity contribution in [1.29, 1.82) is 0 Å². The van der Waals surface area contributed by atoms with Crippen molar-refractivity contribution in [2.75, 3.05) is 13.7 Å². The number of methoxy groups -OCH3 is 1. The molecule has 8 heteroatoms. The summed E-state index contributed by atoms with van der Waals surface area (Å²) in [5.74, 6) is 2.12. The predicted molar refractivity (Wildman–Crippen MR) is 123 cm³/mol. The Labute approximate surface area is 186 Å². The molecule has 2 heterocycles. The number of guanidine groups is 1. The fourth-order valence-electron chi connectivity index (χ4n) is 3.21. The molecule has 0 radical (unpaired) electrons. The maximum absolute atomic E-state index is 6.11. The van der Waals surface area contributed by atoms with E-state index in [1.807, 2.05) is 59.4 Å². The summed E-state index contributed by atoms with van der Waals surface area (Å²) in [4.78, 5) is 4.44. The average Bonchev–Trinajstić information content (AvgIpc) is 3.22. The van der Waals surface area contributed by atoms with Gasteiger partial charge in [-0.2, -0.15) is 5.10 Å². The highest BCUT2D eigenvalue weighted by Gasteiger charge is 2.21. The van der Waals surface area contributed by atoms with Crippen LogP contribution in [0.1, 0.15) is 23.7 Å². The Morgan fingerprint density at radius 2 is 2.03 bits per heavy atom. The van der Waals surface area contributed by atoms with Crippen LogP contribution in [-0.4, -0.2) is 29.5 Å². The minimum Gasteiger partial charge on any atom is -0.497 e. The maximum atomic E-state index is 6.11. The number of hydrogen-bond donors (Lipinski definition) is 2. The van der Waals surface area contributed by atoms with Crippen LogP contribution in [0.2, 0.25) is 0 Å². The van der Waals surface area contributed by atoms with Crippen LogP contribution in [0.4, 0.5) is 0 Å². The zero-order valence-electron chi connectivity index (χ0n) is 16.1. The molecule has 29 heavy (non-hydrogen) atoms. The molecule has 2 aromatic carbocycles. The Hall–Kier alpha value is -2.75. The number of halogens is 1. The third kappa shape index (κ3) is 5.00. The first-order valence-electron chi connectivity index (χ1n) is 9.20. The van der Waals surface area contributed by atoms with E-state index in [0.717, 1.165) is 34.9 Å². The number of rotatable bonds is 5. The summed E-state index contributed by atoms with van der Waals surface area (Å²) in [5.41, 5.74) is 9.02. The van der Waals surface area contributed by atoms with E-state index in [9.17, 15) is 0 Å². The van der Waals surface area contributed by atoms with Crippen LogP contribution >= 0.6 is 24.0 Å². The molecule has 7 nitrogen and oxygen atoms in total.